The number of hydrogen-bond acceptors (Lipinski definition) is 4. The lowest BCUT2D eigenvalue weighted by atomic mass is 9.93. The van der Waals surface area contributed by atoms with Crippen LogP contribution in [0.25, 0.3) is 107 Å². The van der Waals surface area contributed by atoms with Gasteiger partial charge < -0.3 is 8.98 Å². The van der Waals surface area contributed by atoms with Crippen LogP contribution in [0.3, 0.4) is 0 Å². The van der Waals surface area contributed by atoms with E-state index in [1.54, 1.807) is 0 Å². The standard InChI is InChI=1S/C52H36N4O/c1-3-17-45-40(4-2)42-30-31-46-48(49(42)56(45)39-24-15-8-16-25-39)43-29-27-38(33-47(43)57-46)41-28-26-37(34-18-9-5-10-19-34)32-44(41)52-54-50(35-20-11-6-12-21-35)53-51(55-52)36-22-13-7-14-23-36/h3-33H,1H2,2H3/b40-4-,45-17+. The molecule has 7 aromatic carbocycles. The molecule has 10 rings (SSSR count). The fraction of sp³-hybridized carbons (Fsp3) is 0.0192. The molecule has 0 atom stereocenters. The molecule has 0 spiro atoms. The molecule has 270 valence electrons. The van der Waals surface area contributed by atoms with Gasteiger partial charge in [-0.15, -0.1) is 0 Å². The lowest BCUT2D eigenvalue weighted by molar-refractivity contribution is 0.669. The SMILES string of the molecule is C=C/C=c1\c(=C/C)c2ccc3oc4cc(-c5ccc(-c6ccccc6)cc5-c5nc(-c6ccccc6)nc(-c6ccccc6)n5)ccc4c3c2n1-c1ccccc1. The molecule has 0 bridgehead atoms. The highest BCUT2D eigenvalue weighted by atomic mass is 16.3. The zero-order chi connectivity index (χ0) is 38.3. The van der Waals surface area contributed by atoms with Crippen LogP contribution in [0.2, 0.25) is 0 Å². The lowest BCUT2D eigenvalue weighted by Gasteiger charge is -2.14. The largest absolute Gasteiger partial charge is 0.456 e. The van der Waals surface area contributed by atoms with E-state index >= 15 is 0 Å². The first-order valence-corrected chi connectivity index (χ1v) is 19.1. The van der Waals surface area contributed by atoms with Crippen LogP contribution in [0.5, 0.6) is 0 Å². The fourth-order valence-corrected chi connectivity index (χ4v) is 7.99. The summed E-state index contributed by atoms with van der Waals surface area (Å²) in [6.45, 7) is 6.15. The molecule has 0 aliphatic rings. The smallest absolute Gasteiger partial charge is 0.164 e. The molecule has 0 aliphatic heterocycles. The highest BCUT2D eigenvalue weighted by Crippen LogP contribution is 2.40. The van der Waals surface area contributed by atoms with Gasteiger partial charge in [-0.3, -0.25) is 0 Å². The molecule has 0 radical (unpaired) electrons. The molecule has 5 heteroatoms. The second kappa shape index (κ2) is 14.2. The number of benzene rings is 7. The normalized spacial score (nSPS) is 12.2. The highest BCUT2D eigenvalue weighted by Gasteiger charge is 2.21. The van der Waals surface area contributed by atoms with Gasteiger partial charge in [0.25, 0.3) is 0 Å². The van der Waals surface area contributed by atoms with Crippen LogP contribution in [-0.4, -0.2) is 19.5 Å². The predicted octanol–water partition coefficient (Wildman–Crippen LogP) is 11.8. The van der Waals surface area contributed by atoms with Crippen molar-refractivity contribution in [2.45, 2.75) is 6.92 Å². The van der Waals surface area contributed by atoms with Crippen LogP contribution in [0.15, 0.2) is 187 Å². The Balaban J connectivity index is 1.22. The number of hydrogen-bond donors (Lipinski definition) is 0. The van der Waals surface area contributed by atoms with E-state index in [1.165, 1.54) is 0 Å². The zero-order valence-corrected chi connectivity index (χ0v) is 31.3. The summed E-state index contributed by atoms with van der Waals surface area (Å²) in [7, 11) is 0. The number of aromatic nitrogens is 4. The second-order valence-electron chi connectivity index (χ2n) is 14.0. The lowest BCUT2D eigenvalue weighted by Crippen LogP contribution is -2.27. The first-order chi connectivity index (χ1) is 28.2. The van der Waals surface area contributed by atoms with Crippen LogP contribution in [-0.2, 0) is 0 Å². The zero-order valence-electron chi connectivity index (χ0n) is 31.3. The summed E-state index contributed by atoms with van der Waals surface area (Å²) in [5, 5.41) is 5.51. The summed E-state index contributed by atoms with van der Waals surface area (Å²) in [5.74, 6) is 1.83. The van der Waals surface area contributed by atoms with Crippen LogP contribution in [0, 0.1) is 0 Å². The summed E-state index contributed by atoms with van der Waals surface area (Å²) in [6, 6.07) is 58.5. The van der Waals surface area contributed by atoms with Crippen molar-refractivity contribution in [2.75, 3.05) is 0 Å². The van der Waals surface area contributed by atoms with Crippen LogP contribution in [0.1, 0.15) is 6.92 Å². The van der Waals surface area contributed by atoms with Crippen molar-refractivity contribution in [1.82, 2.24) is 19.5 Å². The molecule has 10 aromatic rings. The van der Waals surface area contributed by atoms with Crippen molar-refractivity contribution in [1.29, 1.82) is 0 Å². The number of para-hydroxylation sites is 1. The number of rotatable bonds is 7. The van der Waals surface area contributed by atoms with E-state index in [1.807, 2.05) is 78.9 Å². The van der Waals surface area contributed by atoms with Gasteiger partial charge >= 0.3 is 0 Å². The summed E-state index contributed by atoms with van der Waals surface area (Å²) in [4.78, 5) is 15.3. The summed E-state index contributed by atoms with van der Waals surface area (Å²) in [6.07, 6.45) is 6.12. The van der Waals surface area contributed by atoms with E-state index in [9.17, 15) is 0 Å². The average Bonchev–Trinajstić information content (AvgIpc) is 3.82. The van der Waals surface area contributed by atoms with Gasteiger partial charge in [0.05, 0.1) is 16.3 Å². The molecule has 0 amide bonds. The molecule has 57 heavy (non-hydrogen) atoms. The van der Waals surface area contributed by atoms with E-state index < -0.39 is 0 Å². The maximum atomic E-state index is 6.75. The first-order valence-electron chi connectivity index (χ1n) is 19.1. The Morgan fingerprint density at radius 3 is 1.72 bits per heavy atom. The minimum atomic E-state index is 0.594. The molecule has 0 N–H and O–H groups in total. The minimum absolute atomic E-state index is 0.594. The van der Waals surface area contributed by atoms with Gasteiger partial charge in [0.2, 0.25) is 0 Å². The topological polar surface area (TPSA) is 56.7 Å². The van der Waals surface area contributed by atoms with Gasteiger partial charge in [-0.25, -0.2) is 15.0 Å². The minimum Gasteiger partial charge on any atom is -0.456 e. The molecule has 0 saturated carbocycles. The molecule has 3 aromatic heterocycles. The number of nitrogens with zero attached hydrogens (tertiary/aromatic N) is 4. The van der Waals surface area contributed by atoms with Crippen LogP contribution in [0.4, 0.5) is 0 Å². The summed E-state index contributed by atoms with van der Waals surface area (Å²) >= 11 is 0. The Morgan fingerprint density at radius 2 is 1.09 bits per heavy atom. The van der Waals surface area contributed by atoms with Crippen LogP contribution < -0.4 is 10.6 Å². The molecule has 0 fully saturated rings. The Labute approximate surface area is 329 Å². The van der Waals surface area contributed by atoms with Gasteiger partial charge in [-0.05, 0) is 77.7 Å². The maximum absolute atomic E-state index is 6.75. The van der Waals surface area contributed by atoms with Gasteiger partial charge in [-0.2, -0.15) is 0 Å². The third-order valence-electron chi connectivity index (χ3n) is 10.6. The third-order valence-corrected chi connectivity index (χ3v) is 10.6. The van der Waals surface area contributed by atoms with E-state index in [0.29, 0.717) is 17.5 Å². The van der Waals surface area contributed by atoms with Gasteiger partial charge in [0.15, 0.2) is 17.5 Å². The molecule has 0 saturated heterocycles. The van der Waals surface area contributed by atoms with E-state index in [0.717, 1.165) is 88.0 Å². The van der Waals surface area contributed by atoms with Crippen molar-refractivity contribution in [2.24, 2.45) is 0 Å². The Morgan fingerprint density at radius 1 is 0.509 bits per heavy atom. The molecular weight excluding hydrogens is 697 g/mol. The first kappa shape index (κ1) is 33.9. The summed E-state index contributed by atoms with van der Waals surface area (Å²) in [5.41, 5.74) is 10.7. The van der Waals surface area contributed by atoms with Crippen molar-refractivity contribution in [3.8, 4) is 62.1 Å². The van der Waals surface area contributed by atoms with E-state index in [-0.39, 0.29) is 0 Å². The van der Waals surface area contributed by atoms with Crippen molar-refractivity contribution >= 4 is 45.0 Å². The maximum Gasteiger partial charge on any atom is 0.164 e. The van der Waals surface area contributed by atoms with Crippen molar-refractivity contribution in [3.63, 3.8) is 0 Å². The van der Waals surface area contributed by atoms with Crippen LogP contribution >= 0.6 is 0 Å². The molecule has 0 unspecified atom stereocenters. The molecule has 5 nitrogen and oxygen atoms in total. The van der Waals surface area contributed by atoms with E-state index in [2.05, 4.69) is 127 Å². The Hall–Kier alpha value is -7.63. The van der Waals surface area contributed by atoms with Gasteiger partial charge in [-0.1, -0.05) is 146 Å². The fourth-order valence-electron chi connectivity index (χ4n) is 7.99. The number of allylic oxidation sites excluding steroid dienone is 1. The number of furan rings is 1. The molecular formula is C52H36N4O. The predicted molar refractivity (Wildman–Crippen MR) is 235 cm³/mol. The summed E-state index contributed by atoms with van der Waals surface area (Å²) < 4.78 is 9.08. The number of fused-ring (bicyclic) bond motifs is 5. The molecule has 3 heterocycles. The molecule has 0 aliphatic carbocycles. The third kappa shape index (κ3) is 5.94. The highest BCUT2D eigenvalue weighted by molar-refractivity contribution is 6.18. The average molecular weight is 733 g/mol. The Bertz CT molecular complexity index is 3180. The Kier molecular flexibility index (Phi) is 8.46. The van der Waals surface area contributed by atoms with Crippen molar-refractivity contribution < 1.29 is 4.42 Å². The van der Waals surface area contributed by atoms with Gasteiger partial charge in [0, 0.05) is 38.4 Å². The monoisotopic (exact) mass is 732 g/mol. The van der Waals surface area contributed by atoms with Gasteiger partial charge in [0.1, 0.15) is 11.2 Å². The van der Waals surface area contributed by atoms with E-state index in [4.69, 9.17) is 19.4 Å². The quantitative estimate of drug-likeness (QED) is 0.164. The van der Waals surface area contributed by atoms with Crippen molar-refractivity contribution in [3.05, 3.63) is 193 Å². The second-order valence-corrected chi connectivity index (χ2v) is 14.0.